The molecule has 1 amide bonds. The summed E-state index contributed by atoms with van der Waals surface area (Å²) >= 11 is 0. The molecule has 8 heteroatoms. The molecule has 0 spiro atoms. The zero-order valence-electron chi connectivity index (χ0n) is 19.5. The zero-order valence-corrected chi connectivity index (χ0v) is 19.5. The van der Waals surface area contributed by atoms with Crippen LogP contribution in [0.5, 0.6) is 5.88 Å². The van der Waals surface area contributed by atoms with Gasteiger partial charge in [0, 0.05) is 24.8 Å². The minimum Gasteiger partial charge on any atom is -0.471 e. The summed E-state index contributed by atoms with van der Waals surface area (Å²) in [5.74, 6) is 0.293. The molecule has 4 atom stereocenters. The topological polar surface area (TPSA) is 76.6 Å². The average molecular weight is 457 g/mol. The van der Waals surface area contributed by atoms with Gasteiger partial charge in [0.1, 0.15) is 17.5 Å². The molecule has 1 aliphatic carbocycles. The highest BCUT2D eigenvalue weighted by molar-refractivity contribution is 5.69. The Hall–Kier alpha value is -2.74. The SMILES string of the molecule is CC(C)(C)OC(=O)N(C1CCCNC1)[C@@H]1CC(c2ccc(F)cc2)CC1Oc1cccnn1. The Morgan fingerprint density at radius 2 is 1.97 bits per heavy atom. The van der Waals surface area contributed by atoms with Gasteiger partial charge in [0.05, 0.1) is 6.04 Å². The number of benzene rings is 1. The fourth-order valence-electron chi connectivity index (χ4n) is 4.85. The van der Waals surface area contributed by atoms with Gasteiger partial charge in [-0.3, -0.25) is 4.90 Å². The third-order valence-electron chi connectivity index (χ3n) is 6.26. The van der Waals surface area contributed by atoms with Crippen LogP contribution in [0.25, 0.3) is 0 Å². The van der Waals surface area contributed by atoms with E-state index in [0.29, 0.717) is 18.7 Å². The number of nitrogens with zero attached hydrogens (tertiary/aromatic N) is 3. The van der Waals surface area contributed by atoms with Crippen LogP contribution >= 0.6 is 0 Å². The molecule has 0 bridgehead atoms. The normalized spacial score (nSPS) is 25.5. The van der Waals surface area contributed by atoms with Crippen molar-refractivity contribution in [2.45, 2.75) is 76.2 Å². The maximum Gasteiger partial charge on any atom is 0.410 e. The van der Waals surface area contributed by atoms with Crippen LogP contribution in [-0.4, -0.2) is 58.1 Å². The van der Waals surface area contributed by atoms with E-state index < -0.39 is 5.60 Å². The van der Waals surface area contributed by atoms with E-state index in [1.807, 2.05) is 37.8 Å². The standard InChI is InChI=1S/C25H33FN4O3/c1-25(2,3)33-24(31)30(20-6-4-12-27-16-20)21-14-18(17-8-10-19(26)11-9-17)15-22(21)32-23-7-5-13-28-29-23/h5,7-11,13,18,20-22,27H,4,6,12,14-16H2,1-3H3/t18?,20?,21-,22?/m1/s1. The molecule has 7 nitrogen and oxygen atoms in total. The fraction of sp³-hybridized carbons (Fsp3) is 0.560. The van der Waals surface area contributed by atoms with E-state index in [1.165, 1.54) is 12.1 Å². The van der Waals surface area contributed by atoms with Gasteiger partial charge in [-0.25, -0.2) is 9.18 Å². The van der Waals surface area contributed by atoms with Crippen molar-refractivity contribution in [3.63, 3.8) is 0 Å². The van der Waals surface area contributed by atoms with Crippen molar-refractivity contribution in [3.05, 3.63) is 54.0 Å². The van der Waals surface area contributed by atoms with Crippen LogP contribution in [0.4, 0.5) is 9.18 Å². The van der Waals surface area contributed by atoms with Crippen LogP contribution in [0.3, 0.4) is 0 Å². The summed E-state index contributed by atoms with van der Waals surface area (Å²) in [7, 11) is 0. The number of piperidine rings is 1. The van der Waals surface area contributed by atoms with E-state index in [1.54, 1.807) is 18.3 Å². The predicted octanol–water partition coefficient (Wildman–Crippen LogP) is 4.30. The first-order valence-electron chi connectivity index (χ1n) is 11.7. The molecule has 1 saturated heterocycles. The van der Waals surface area contributed by atoms with Crippen molar-refractivity contribution in [1.82, 2.24) is 20.4 Å². The Kier molecular flexibility index (Phi) is 7.12. The Labute approximate surface area is 194 Å². The number of hydrogen-bond donors (Lipinski definition) is 1. The van der Waals surface area contributed by atoms with Crippen molar-refractivity contribution in [3.8, 4) is 5.88 Å². The highest BCUT2D eigenvalue weighted by atomic mass is 19.1. The van der Waals surface area contributed by atoms with Crippen LogP contribution < -0.4 is 10.1 Å². The van der Waals surface area contributed by atoms with Crippen LogP contribution in [-0.2, 0) is 4.74 Å². The first-order chi connectivity index (χ1) is 15.8. The van der Waals surface area contributed by atoms with Gasteiger partial charge in [-0.2, -0.15) is 5.10 Å². The number of nitrogens with one attached hydrogen (secondary N) is 1. The molecular formula is C25H33FN4O3. The van der Waals surface area contributed by atoms with Gasteiger partial charge >= 0.3 is 6.09 Å². The van der Waals surface area contributed by atoms with Crippen molar-refractivity contribution < 1.29 is 18.7 Å². The van der Waals surface area contributed by atoms with Crippen molar-refractivity contribution in [2.75, 3.05) is 13.1 Å². The number of carbonyl (C=O) groups is 1. The van der Waals surface area contributed by atoms with E-state index >= 15 is 0 Å². The molecule has 0 radical (unpaired) electrons. The van der Waals surface area contributed by atoms with Crippen LogP contribution in [0.15, 0.2) is 42.6 Å². The van der Waals surface area contributed by atoms with E-state index in [-0.39, 0.29) is 36.0 Å². The number of halogens is 1. The van der Waals surface area contributed by atoms with E-state index in [2.05, 4.69) is 15.5 Å². The van der Waals surface area contributed by atoms with Crippen molar-refractivity contribution >= 4 is 6.09 Å². The Morgan fingerprint density at radius 1 is 1.18 bits per heavy atom. The van der Waals surface area contributed by atoms with Crippen LogP contribution in [0.1, 0.15) is 57.9 Å². The monoisotopic (exact) mass is 456 g/mol. The largest absolute Gasteiger partial charge is 0.471 e. The molecule has 2 fully saturated rings. The maximum absolute atomic E-state index is 13.5. The molecule has 2 heterocycles. The highest BCUT2D eigenvalue weighted by Gasteiger charge is 2.46. The molecule has 1 aromatic carbocycles. The Morgan fingerprint density at radius 3 is 2.61 bits per heavy atom. The first kappa shape index (κ1) is 23.4. The zero-order chi connectivity index (χ0) is 23.4. The second-order valence-electron chi connectivity index (χ2n) is 9.89. The molecule has 178 valence electrons. The summed E-state index contributed by atoms with van der Waals surface area (Å²) in [6.45, 7) is 7.30. The minimum absolute atomic E-state index is 0.0125. The van der Waals surface area contributed by atoms with Gasteiger partial charge in [-0.15, -0.1) is 5.10 Å². The average Bonchev–Trinajstić information content (AvgIpc) is 3.18. The maximum atomic E-state index is 13.5. The molecule has 2 aromatic rings. The number of ether oxygens (including phenoxy) is 2. The van der Waals surface area contributed by atoms with Crippen molar-refractivity contribution in [1.29, 1.82) is 0 Å². The smallest absolute Gasteiger partial charge is 0.410 e. The molecule has 1 N–H and O–H groups in total. The lowest BCUT2D eigenvalue weighted by Gasteiger charge is -2.41. The number of amides is 1. The summed E-state index contributed by atoms with van der Waals surface area (Å²) < 4.78 is 25.7. The number of rotatable bonds is 5. The van der Waals surface area contributed by atoms with Crippen LogP contribution in [0, 0.1) is 5.82 Å². The third-order valence-corrected chi connectivity index (χ3v) is 6.26. The molecule has 2 aliphatic rings. The molecular weight excluding hydrogens is 423 g/mol. The van der Waals surface area contributed by atoms with Gasteiger partial charge in [0.25, 0.3) is 0 Å². The highest BCUT2D eigenvalue weighted by Crippen LogP contribution is 2.40. The first-order valence-corrected chi connectivity index (χ1v) is 11.7. The van der Waals surface area contributed by atoms with Gasteiger partial charge in [0.15, 0.2) is 0 Å². The fourth-order valence-corrected chi connectivity index (χ4v) is 4.85. The lowest BCUT2D eigenvalue weighted by atomic mass is 9.97. The van der Waals surface area contributed by atoms with Gasteiger partial charge < -0.3 is 14.8 Å². The second kappa shape index (κ2) is 10.0. The number of carbonyl (C=O) groups excluding carboxylic acids is 1. The lowest BCUT2D eigenvalue weighted by Crippen LogP contribution is -2.57. The van der Waals surface area contributed by atoms with Crippen molar-refractivity contribution in [2.24, 2.45) is 0 Å². The van der Waals surface area contributed by atoms with E-state index in [0.717, 1.165) is 31.5 Å². The summed E-state index contributed by atoms with van der Waals surface area (Å²) in [5, 5.41) is 11.4. The number of aromatic nitrogens is 2. The van der Waals surface area contributed by atoms with Gasteiger partial charge in [0.2, 0.25) is 5.88 Å². The minimum atomic E-state index is -0.604. The molecule has 1 aliphatic heterocycles. The lowest BCUT2D eigenvalue weighted by molar-refractivity contribution is -0.0128. The van der Waals surface area contributed by atoms with Gasteiger partial charge in [-0.1, -0.05) is 12.1 Å². The van der Waals surface area contributed by atoms with E-state index in [9.17, 15) is 9.18 Å². The summed E-state index contributed by atoms with van der Waals surface area (Å²) in [6, 6.07) is 9.97. The molecule has 33 heavy (non-hydrogen) atoms. The molecule has 1 aromatic heterocycles. The third kappa shape index (κ3) is 5.99. The van der Waals surface area contributed by atoms with E-state index in [4.69, 9.17) is 9.47 Å². The summed E-state index contributed by atoms with van der Waals surface area (Å²) in [6.07, 6.45) is 4.27. The predicted molar refractivity (Wildman–Crippen MR) is 123 cm³/mol. The van der Waals surface area contributed by atoms with Gasteiger partial charge in [-0.05, 0) is 82.7 Å². The number of hydrogen-bond acceptors (Lipinski definition) is 6. The Bertz CT molecular complexity index is 913. The molecule has 3 unspecified atom stereocenters. The summed E-state index contributed by atoms with van der Waals surface area (Å²) in [5.41, 5.74) is 0.436. The van der Waals surface area contributed by atoms with Crippen LogP contribution in [0.2, 0.25) is 0 Å². The second-order valence-corrected chi connectivity index (χ2v) is 9.89. The summed E-state index contributed by atoms with van der Waals surface area (Å²) in [4.78, 5) is 15.4. The Balaban J connectivity index is 1.65. The molecule has 4 rings (SSSR count). The quantitative estimate of drug-likeness (QED) is 0.723. The molecule has 1 saturated carbocycles.